The number of carbonyl (C=O) groups excluding carboxylic acids is 2. The Morgan fingerprint density at radius 3 is 1.88 bits per heavy atom. The van der Waals surface area contributed by atoms with Crippen LogP contribution < -0.4 is 17.2 Å². The van der Waals surface area contributed by atoms with Crippen molar-refractivity contribution in [2.45, 2.75) is 24.5 Å². The maximum Gasteiger partial charge on any atom is 0.320 e. The van der Waals surface area contributed by atoms with Gasteiger partial charge in [0.05, 0.1) is 23.2 Å². The molecule has 0 aliphatic heterocycles. The number of rotatable bonds is 9. The Morgan fingerprint density at radius 2 is 1.42 bits per heavy atom. The first-order valence-corrected chi connectivity index (χ1v) is 8.70. The van der Waals surface area contributed by atoms with E-state index in [2.05, 4.69) is 25.3 Å². The SMILES string of the molecule is NC(Cc1cc(C(=O)C(N)CS)c(O)c(O)c1C(=O)C(N)CS)C(=O)O. The van der Waals surface area contributed by atoms with Crippen molar-refractivity contribution >= 4 is 42.8 Å². The molecule has 144 valence electrons. The molecule has 0 spiro atoms. The van der Waals surface area contributed by atoms with Crippen molar-refractivity contribution in [2.24, 2.45) is 17.2 Å². The highest BCUT2D eigenvalue weighted by atomic mass is 32.1. The van der Waals surface area contributed by atoms with E-state index in [1.165, 1.54) is 0 Å². The fourth-order valence-electron chi connectivity index (χ4n) is 2.21. The Kier molecular flexibility index (Phi) is 7.90. The number of aromatic hydroxyl groups is 2. The van der Waals surface area contributed by atoms with Gasteiger partial charge in [-0.3, -0.25) is 14.4 Å². The minimum Gasteiger partial charge on any atom is -0.504 e. The average Bonchev–Trinajstić information content (AvgIpc) is 2.61. The molecule has 0 saturated heterocycles. The molecule has 0 heterocycles. The van der Waals surface area contributed by atoms with E-state index < -0.39 is 52.7 Å². The summed E-state index contributed by atoms with van der Waals surface area (Å²) in [5.74, 6) is -4.71. The van der Waals surface area contributed by atoms with Gasteiger partial charge in [-0.05, 0) is 18.1 Å². The molecular weight excluding hydrogens is 382 g/mol. The topological polar surface area (TPSA) is 190 Å². The van der Waals surface area contributed by atoms with Gasteiger partial charge < -0.3 is 32.5 Å². The number of phenols is 2. The first kappa shape index (κ1) is 22.3. The van der Waals surface area contributed by atoms with Crippen molar-refractivity contribution in [1.82, 2.24) is 0 Å². The van der Waals surface area contributed by atoms with Gasteiger partial charge in [0.15, 0.2) is 23.1 Å². The van der Waals surface area contributed by atoms with Crippen molar-refractivity contribution in [2.75, 3.05) is 11.5 Å². The van der Waals surface area contributed by atoms with E-state index in [0.29, 0.717) is 0 Å². The van der Waals surface area contributed by atoms with Gasteiger partial charge in [-0.2, -0.15) is 25.3 Å². The average molecular weight is 403 g/mol. The number of thiol groups is 2. The predicted octanol–water partition coefficient (Wildman–Crippen LogP) is -1.07. The Balaban J connectivity index is 3.63. The smallest absolute Gasteiger partial charge is 0.320 e. The standard InChI is InChI=1S/C15H21N3O6S2/c16-7(15(23)24)2-5-1-6(11(19)8(17)3-25)12(20)14(22)10(5)13(21)9(18)4-26/h1,7-9,20,22,25-26H,2-4,16-18H2,(H,23,24). The third-order valence-corrected chi connectivity index (χ3v) is 4.48. The van der Waals surface area contributed by atoms with Crippen LogP contribution in [0.25, 0.3) is 0 Å². The fraction of sp³-hybridized carbons (Fsp3) is 0.400. The van der Waals surface area contributed by atoms with Crippen molar-refractivity contribution in [3.05, 3.63) is 22.8 Å². The lowest BCUT2D eigenvalue weighted by Gasteiger charge is -2.19. The molecule has 26 heavy (non-hydrogen) atoms. The van der Waals surface area contributed by atoms with Gasteiger partial charge in [-0.1, -0.05) is 0 Å². The zero-order valence-corrected chi connectivity index (χ0v) is 15.4. The second-order valence-corrected chi connectivity index (χ2v) is 6.34. The van der Waals surface area contributed by atoms with Gasteiger partial charge in [0, 0.05) is 11.5 Å². The van der Waals surface area contributed by atoms with Crippen LogP contribution in [0.2, 0.25) is 0 Å². The van der Waals surface area contributed by atoms with Gasteiger partial charge in [0.2, 0.25) is 0 Å². The molecule has 0 saturated carbocycles. The monoisotopic (exact) mass is 403 g/mol. The molecule has 0 aliphatic carbocycles. The van der Waals surface area contributed by atoms with Crippen LogP contribution in [0.5, 0.6) is 11.5 Å². The molecule has 9 nitrogen and oxygen atoms in total. The molecule has 3 atom stereocenters. The lowest BCUT2D eigenvalue weighted by molar-refractivity contribution is -0.138. The van der Waals surface area contributed by atoms with E-state index in [1.807, 2.05) is 0 Å². The van der Waals surface area contributed by atoms with Gasteiger partial charge in [0.1, 0.15) is 6.04 Å². The van der Waals surface area contributed by atoms with E-state index in [4.69, 9.17) is 22.3 Å². The van der Waals surface area contributed by atoms with Crippen LogP contribution >= 0.6 is 25.3 Å². The highest BCUT2D eigenvalue weighted by Crippen LogP contribution is 2.37. The van der Waals surface area contributed by atoms with Gasteiger partial charge in [-0.15, -0.1) is 0 Å². The minimum atomic E-state index is -1.42. The summed E-state index contributed by atoms with van der Waals surface area (Å²) < 4.78 is 0. The summed E-state index contributed by atoms with van der Waals surface area (Å²) in [6.45, 7) is 0. The number of aliphatic carboxylic acids is 1. The summed E-state index contributed by atoms with van der Waals surface area (Å²) in [7, 11) is 0. The molecule has 0 amide bonds. The number of hydrogen-bond donors (Lipinski definition) is 8. The number of hydrogen-bond acceptors (Lipinski definition) is 10. The van der Waals surface area contributed by atoms with Crippen LogP contribution in [0.15, 0.2) is 6.07 Å². The molecule has 9 N–H and O–H groups in total. The number of carbonyl (C=O) groups is 3. The molecule has 11 heteroatoms. The van der Waals surface area contributed by atoms with Crippen molar-refractivity contribution in [3.63, 3.8) is 0 Å². The number of carboxylic acids is 1. The van der Waals surface area contributed by atoms with Gasteiger partial charge in [-0.25, -0.2) is 0 Å². The molecule has 0 aliphatic rings. The molecule has 0 fully saturated rings. The van der Waals surface area contributed by atoms with Crippen LogP contribution in [0.1, 0.15) is 26.3 Å². The zero-order valence-electron chi connectivity index (χ0n) is 13.6. The minimum absolute atomic E-state index is 0.0335. The predicted molar refractivity (Wildman–Crippen MR) is 101 cm³/mol. The second kappa shape index (κ2) is 9.24. The number of Topliss-reactive ketones (excluding diaryl/α,β-unsaturated/α-hetero) is 2. The Bertz CT molecular complexity index is 728. The molecule has 1 rings (SSSR count). The Morgan fingerprint density at radius 1 is 0.923 bits per heavy atom. The van der Waals surface area contributed by atoms with Crippen LogP contribution in [-0.2, 0) is 11.2 Å². The summed E-state index contributed by atoms with van der Waals surface area (Å²) in [6.07, 6.45) is -0.389. The van der Waals surface area contributed by atoms with Crippen LogP contribution in [0, 0.1) is 0 Å². The van der Waals surface area contributed by atoms with Gasteiger partial charge >= 0.3 is 5.97 Å². The van der Waals surface area contributed by atoms with Crippen LogP contribution in [0.4, 0.5) is 0 Å². The van der Waals surface area contributed by atoms with E-state index in [1.54, 1.807) is 0 Å². The number of benzene rings is 1. The van der Waals surface area contributed by atoms with E-state index in [9.17, 15) is 24.6 Å². The van der Waals surface area contributed by atoms with E-state index in [0.717, 1.165) is 6.07 Å². The summed E-state index contributed by atoms with van der Waals surface area (Å²) in [5, 5.41) is 29.4. The highest BCUT2D eigenvalue weighted by Gasteiger charge is 2.30. The van der Waals surface area contributed by atoms with Crippen molar-refractivity contribution in [1.29, 1.82) is 0 Å². The van der Waals surface area contributed by atoms with Crippen molar-refractivity contribution in [3.8, 4) is 11.5 Å². The fourth-order valence-corrected chi connectivity index (χ4v) is 2.54. The number of nitrogens with two attached hydrogens (primary N) is 3. The maximum absolute atomic E-state index is 12.4. The summed E-state index contributed by atoms with van der Waals surface area (Å²) in [4.78, 5) is 35.8. The summed E-state index contributed by atoms with van der Waals surface area (Å²) in [6, 6.07) is -2.53. The molecule has 1 aromatic rings. The summed E-state index contributed by atoms with van der Waals surface area (Å²) in [5.41, 5.74) is 15.9. The maximum atomic E-state index is 12.4. The number of phenolic OH excluding ortho intramolecular Hbond substituents is 2. The second-order valence-electron chi connectivity index (χ2n) is 5.61. The lowest BCUT2D eigenvalue weighted by atomic mass is 9.90. The van der Waals surface area contributed by atoms with E-state index in [-0.39, 0.29) is 29.1 Å². The molecule has 0 bridgehead atoms. The quantitative estimate of drug-likeness (QED) is 0.144. The Hall–Kier alpha value is -1.79. The van der Waals surface area contributed by atoms with Crippen LogP contribution in [-0.4, -0.2) is 62.5 Å². The summed E-state index contributed by atoms with van der Waals surface area (Å²) >= 11 is 7.81. The zero-order chi connectivity index (χ0) is 20.2. The van der Waals surface area contributed by atoms with Crippen molar-refractivity contribution < 1.29 is 29.7 Å². The molecule has 0 aromatic heterocycles. The molecule has 1 aromatic carbocycles. The number of ketones is 2. The third-order valence-electron chi connectivity index (χ3n) is 3.69. The highest BCUT2D eigenvalue weighted by molar-refractivity contribution is 7.80. The molecule has 3 unspecified atom stereocenters. The third kappa shape index (κ3) is 4.68. The van der Waals surface area contributed by atoms with Crippen LogP contribution in [0.3, 0.4) is 0 Å². The Labute approximate surface area is 160 Å². The molecule has 0 radical (unpaired) electrons. The molecular formula is C15H21N3O6S2. The largest absolute Gasteiger partial charge is 0.504 e. The lowest BCUT2D eigenvalue weighted by Crippen LogP contribution is -2.36. The first-order chi connectivity index (χ1) is 12.1. The first-order valence-electron chi connectivity index (χ1n) is 7.44. The van der Waals surface area contributed by atoms with E-state index >= 15 is 0 Å². The number of carboxylic acid groups (broad SMARTS) is 1. The van der Waals surface area contributed by atoms with Gasteiger partial charge in [0.25, 0.3) is 0 Å². The normalized spacial score (nSPS) is 14.5.